The number of nitrogens with one attached hydrogen (secondary N) is 2. The van der Waals surface area contributed by atoms with Crippen molar-refractivity contribution in [3.05, 3.63) is 74.8 Å². The highest BCUT2D eigenvalue weighted by Gasteiger charge is 2.27. The van der Waals surface area contributed by atoms with Crippen LogP contribution in [0.1, 0.15) is 59.2 Å². The Hall–Kier alpha value is -4.30. The zero-order chi connectivity index (χ0) is 31.8. The molecule has 1 atom stereocenters. The number of sulfonamides is 1. The molecule has 0 aliphatic carbocycles. The minimum Gasteiger partial charge on any atom is -0.494 e. The topological polar surface area (TPSA) is 161 Å². The molecular weight excluding hydrogens is 608 g/mol. The number of fused-ring (bicyclic) bond motifs is 1. The second-order valence-electron chi connectivity index (χ2n) is 10.9. The molecule has 0 unspecified atom stereocenters. The van der Waals surface area contributed by atoms with Gasteiger partial charge in [-0.25, -0.2) is 33.1 Å². The van der Waals surface area contributed by atoms with E-state index in [4.69, 9.17) is 21.3 Å². The molecule has 0 bridgehead atoms. The summed E-state index contributed by atoms with van der Waals surface area (Å²) in [5.41, 5.74) is 2.02. The summed E-state index contributed by atoms with van der Waals surface area (Å²) in [6.45, 7) is 5.08. The van der Waals surface area contributed by atoms with Gasteiger partial charge in [-0.05, 0) is 50.5 Å². The number of pyridine rings is 1. The van der Waals surface area contributed by atoms with E-state index < -0.39 is 22.0 Å². The van der Waals surface area contributed by atoms with Crippen molar-refractivity contribution in [2.75, 3.05) is 36.7 Å². The van der Waals surface area contributed by atoms with E-state index in [1.165, 1.54) is 6.07 Å². The number of rotatable bonds is 8. The third-order valence-corrected chi connectivity index (χ3v) is 8.32. The molecule has 3 aromatic heterocycles. The van der Waals surface area contributed by atoms with Gasteiger partial charge in [0.15, 0.2) is 11.4 Å². The Balaban J connectivity index is 1.46. The van der Waals surface area contributed by atoms with E-state index in [1.807, 2.05) is 30.7 Å². The fourth-order valence-corrected chi connectivity index (χ4v) is 5.97. The minimum absolute atomic E-state index is 0.0278. The van der Waals surface area contributed by atoms with Crippen LogP contribution in [0.5, 0.6) is 5.75 Å². The number of piperidine rings is 1. The van der Waals surface area contributed by atoms with Crippen LogP contribution in [0.2, 0.25) is 5.15 Å². The molecular formula is C29H33ClN8O5S. The SMILES string of the molecule is COc1cnc(C2CCN(c3nc4c([C@@H](C)Nc5ccc(Cl)nc5C(=O)NS(C)(=O)=O)cc(C)cc4c(=O)n3C)CC2)nc1. The zero-order valence-electron chi connectivity index (χ0n) is 25.0. The van der Waals surface area contributed by atoms with Gasteiger partial charge in [0.1, 0.15) is 11.0 Å². The second-order valence-corrected chi connectivity index (χ2v) is 13.0. The first-order chi connectivity index (χ1) is 20.8. The number of aryl methyl sites for hydroxylation is 1. The molecule has 0 saturated carbocycles. The monoisotopic (exact) mass is 640 g/mol. The molecule has 1 aliphatic rings. The summed E-state index contributed by atoms with van der Waals surface area (Å²) in [6, 6.07) is 6.33. The van der Waals surface area contributed by atoms with E-state index in [9.17, 15) is 18.0 Å². The van der Waals surface area contributed by atoms with Crippen LogP contribution in [0.25, 0.3) is 10.9 Å². The Bertz CT molecular complexity index is 1890. The summed E-state index contributed by atoms with van der Waals surface area (Å²) in [5.74, 6) is 1.19. The lowest BCUT2D eigenvalue weighted by molar-refractivity contribution is 0.0977. The fourth-order valence-electron chi connectivity index (χ4n) is 5.39. The molecule has 0 radical (unpaired) electrons. The standard InChI is InChI=1S/C29H33ClN8O5S/c1-16-12-20(17(2)33-22-6-7-23(30)34-25(22)27(39)36-44(5,41)42)24-21(13-16)28(40)37(3)29(35-24)38-10-8-18(9-11-38)26-31-14-19(43-4)15-32-26/h6-7,12-15,17-18,33H,8-11H2,1-5H3,(H,36,39)/t17-/m1/s1. The maximum atomic E-state index is 13.6. The van der Waals surface area contributed by atoms with Crippen molar-refractivity contribution in [2.45, 2.75) is 38.6 Å². The highest BCUT2D eigenvalue weighted by Crippen LogP contribution is 2.31. The molecule has 1 amide bonds. The minimum atomic E-state index is -3.84. The third-order valence-electron chi connectivity index (χ3n) is 7.55. The zero-order valence-corrected chi connectivity index (χ0v) is 26.5. The molecule has 1 aromatic carbocycles. The number of halogens is 1. The van der Waals surface area contributed by atoms with Gasteiger partial charge in [-0.15, -0.1) is 0 Å². The molecule has 44 heavy (non-hydrogen) atoms. The molecule has 5 rings (SSSR count). The summed E-state index contributed by atoms with van der Waals surface area (Å²) < 4.78 is 32.1. The van der Waals surface area contributed by atoms with Crippen molar-refractivity contribution in [3.63, 3.8) is 0 Å². The van der Waals surface area contributed by atoms with Crippen LogP contribution in [0.3, 0.4) is 0 Å². The van der Waals surface area contributed by atoms with Crippen LogP contribution in [-0.4, -0.2) is 65.3 Å². The molecule has 13 nitrogen and oxygen atoms in total. The summed E-state index contributed by atoms with van der Waals surface area (Å²) >= 11 is 6.03. The summed E-state index contributed by atoms with van der Waals surface area (Å²) in [7, 11) is -0.539. The lowest BCUT2D eigenvalue weighted by atomic mass is 9.96. The number of anilines is 2. The Kier molecular flexibility index (Phi) is 8.75. The summed E-state index contributed by atoms with van der Waals surface area (Å²) in [5, 5.41) is 3.73. The normalized spacial score (nSPS) is 14.8. The van der Waals surface area contributed by atoms with Gasteiger partial charge in [0.2, 0.25) is 16.0 Å². The number of aromatic nitrogens is 5. The molecule has 1 aliphatic heterocycles. The van der Waals surface area contributed by atoms with Crippen molar-refractivity contribution in [2.24, 2.45) is 7.05 Å². The van der Waals surface area contributed by atoms with Gasteiger partial charge >= 0.3 is 0 Å². The molecule has 0 spiro atoms. The Labute approximate surface area is 259 Å². The van der Waals surface area contributed by atoms with Crippen LogP contribution in [0, 0.1) is 6.92 Å². The molecule has 4 aromatic rings. The highest BCUT2D eigenvalue weighted by molar-refractivity contribution is 7.89. The average Bonchev–Trinajstić information content (AvgIpc) is 2.99. The Morgan fingerprint density at radius 1 is 1.14 bits per heavy atom. The first-order valence-electron chi connectivity index (χ1n) is 13.9. The predicted octanol–water partition coefficient (Wildman–Crippen LogP) is 3.34. The quantitative estimate of drug-likeness (QED) is 0.272. The van der Waals surface area contributed by atoms with Crippen molar-refractivity contribution in [3.8, 4) is 5.75 Å². The van der Waals surface area contributed by atoms with Gasteiger partial charge in [0.05, 0.1) is 48.4 Å². The van der Waals surface area contributed by atoms with Crippen LogP contribution >= 0.6 is 11.6 Å². The van der Waals surface area contributed by atoms with Gasteiger partial charge in [0, 0.05) is 31.6 Å². The lowest BCUT2D eigenvalue weighted by Crippen LogP contribution is -2.38. The number of carbonyl (C=O) groups excluding carboxylic acids is 1. The Morgan fingerprint density at radius 3 is 2.45 bits per heavy atom. The maximum absolute atomic E-state index is 13.6. The first-order valence-corrected chi connectivity index (χ1v) is 16.2. The van der Waals surface area contributed by atoms with E-state index in [1.54, 1.807) is 37.2 Å². The summed E-state index contributed by atoms with van der Waals surface area (Å²) in [4.78, 5) is 46.5. The van der Waals surface area contributed by atoms with Crippen molar-refractivity contribution >= 4 is 50.1 Å². The number of hydrogen-bond donors (Lipinski definition) is 2. The van der Waals surface area contributed by atoms with E-state index >= 15 is 0 Å². The number of carbonyl (C=O) groups is 1. The number of methoxy groups -OCH3 is 1. The smallest absolute Gasteiger partial charge is 0.285 e. The number of hydrogen-bond acceptors (Lipinski definition) is 11. The lowest BCUT2D eigenvalue weighted by Gasteiger charge is -2.33. The van der Waals surface area contributed by atoms with Gasteiger partial charge in [0.25, 0.3) is 11.5 Å². The van der Waals surface area contributed by atoms with Crippen LogP contribution in [-0.2, 0) is 17.1 Å². The molecule has 4 heterocycles. The molecule has 1 saturated heterocycles. The largest absolute Gasteiger partial charge is 0.494 e. The van der Waals surface area contributed by atoms with Crippen LogP contribution in [0.4, 0.5) is 11.6 Å². The second kappa shape index (κ2) is 12.4. The van der Waals surface area contributed by atoms with E-state index in [-0.39, 0.29) is 28.0 Å². The van der Waals surface area contributed by atoms with Gasteiger partial charge < -0.3 is 15.0 Å². The fraction of sp³-hybridized carbons (Fsp3) is 0.379. The maximum Gasteiger partial charge on any atom is 0.285 e. The molecule has 1 fully saturated rings. The van der Waals surface area contributed by atoms with E-state index in [0.717, 1.165) is 36.0 Å². The molecule has 232 valence electrons. The molecule has 15 heteroatoms. The average molecular weight is 641 g/mol. The predicted molar refractivity (Wildman–Crippen MR) is 168 cm³/mol. The van der Waals surface area contributed by atoms with Crippen molar-refractivity contribution in [1.29, 1.82) is 0 Å². The third kappa shape index (κ3) is 6.60. The van der Waals surface area contributed by atoms with Crippen LogP contribution in [0.15, 0.2) is 41.5 Å². The number of nitrogens with zero attached hydrogens (tertiary/aromatic N) is 6. The van der Waals surface area contributed by atoms with Crippen molar-refractivity contribution < 1.29 is 17.9 Å². The number of ether oxygens (including phenoxy) is 1. The summed E-state index contributed by atoms with van der Waals surface area (Å²) in [6.07, 6.45) is 5.80. The van der Waals surface area contributed by atoms with E-state index in [2.05, 4.69) is 25.2 Å². The molecule has 2 N–H and O–H groups in total. The van der Waals surface area contributed by atoms with Gasteiger partial charge in [-0.2, -0.15) is 0 Å². The van der Waals surface area contributed by atoms with E-state index in [0.29, 0.717) is 35.7 Å². The van der Waals surface area contributed by atoms with Crippen molar-refractivity contribution in [1.82, 2.24) is 29.2 Å². The van der Waals surface area contributed by atoms with Crippen LogP contribution < -0.4 is 25.2 Å². The van der Waals surface area contributed by atoms with Gasteiger partial charge in [-0.3, -0.25) is 14.2 Å². The Morgan fingerprint density at radius 2 is 1.82 bits per heavy atom. The number of benzene rings is 1. The first kappa shape index (κ1) is 31.1. The number of amides is 1. The van der Waals surface area contributed by atoms with Gasteiger partial charge in [-0.1, -0.05) is 17.7 Å². The highest BCUT2D eigenvalue weighted by atomic mass is 35.5.